The van der Waals surface area contributed by atoms with Crippen molar-refractivity contribution >= 4 is 5.78 Å². The summed E-state index contributed by atoms with van der Waals surface area (Å²) in [5.74, 6) is 0.316. The zero-order valence-electron chi connectivity index (χ0n) is 9.75. The average molecular weight is 204 g/mol. The predicted octanol–water partition coefficient (Wildman–Crippen LogP) is 3.55. The van der Waals surface area contributed by atoms with Gasteiger partial charge in [-0.2, -0.15) is 0 Å². The molecular formula is C14H20O. The molecule has 0 bridgehead atoms. The van der Waals surface area contributed by atoms with Crippen molar-refractivity contribution < 1.29 is 4.79 Å². The fraction of sp³-hybridized carbons (Fsp3) is 0.500. The fourth-order valence-electron chi connectivity index (χ4n) is 1.56. The van der Waals surface area contributed by atoms with Gasteiger partial charge in [-0.25, -0.2) is 0 Å². The lowest BCUT2D eigenvalue weighted by Crippen LogP contribution is -2.00. The lowest BCUT2D eigenvalue weighted by Gasteiger charge is -2.02. The van der Waals surface area contributed by atoms with E-state index in [9.17, 15) is 4.79 Å². The number of hydrogen-bond acceptors (Lipinski definition) is 1. The molecule has 1 aromatic rings. The average Bonchev–Trinajstić information content (AvgIpc) is 2.28. The van der Waals surface area contributed by atoms with Gasteiger partial charge in [0, 0.05) is 12.8 Å². The van der Waals surface area contributed by atoms with E-state index in [0.29, 0.717) is 18.6 Å². The van der Waals surface area contributed by atoms with E-state index < -0.39 is 0 Å². The zero-order chi connectivity index (χ0) is 11.1. The number of ketones is 1. The summed E-state index contributed by atoms with van der Waals surface area (Å²) in [6.45, 7) is 4.12. The smallest absolute Gasteiger partial charge is 0.136 e. The van der Waals surface area contributed by atoms with Gasteiger partial charge in [0.25, 0.3) is 0 Å². The molecule has 0 radical (unpaired) electrons. The van der Waals surface area contributed by atoms with Gasteiger partial charge in [0.2, 0.25) is 0 Å². The van der Waals surface area contributed by atoms with Crippen molar-refractivity contribution in [2.75, 3.05) is 0 Å². The molecule has 0 atom stereocenters. The molecule has 0 aliphatic heterocycles. The molecule has 0 saturated carbocycles. The van der Waals surface area contributed by atoms with Gasteiger partial charge >= 0.3 is 0 Å². The van der Waals surface area contributed by atoms with Crippen LogP contribution in [0, 0.1) is 0 Å². The van der Waals surface area contributed by atoms with Gasteiger partial charge in [0.05, 0.1) is 0 Å². The van der Waals surface area contributed by atoms with Crippen molar-refractivity contribution in [3.8, 4) is 0 Å². The minimum Gasteiger partial charge on any atom is -0.299 e. The van der Waals surface area contributed by atoms with Crippen LogP contribution in [0.4, 0.5) is 0 Å². The molecular weight excluding hydrogens is 184 g/mol. The lowest BCUT2D eigenvalue weighted by molar-refractivity contribution is -0.118. The molecule has 82 valence electrons. The molecule has 0 amide bonds. The highest BCUT2D eigenvalue weighted by atomic mass is 16.1. The molecule has 0 saturated heterocycles. The maximum Gasteiger partial charge on any atom is 0.136 e. The van der Waals surface area contributed by atoms with Crippen LogP contribution in [0.3, 0.4) is 0 Å². The van der Waals surface area contributed by atoms with Gasteiger partial charge in [-0.3, -0.25) is 4.79 Å². The molecule has 15 heavy (non-hydrogen) atoms. The molecule has 1 rings (SSSR count). The number of carbonyl (C=O) groups excluding carboxylic acids is 1. The van der Waals surface area contributed by atoms with Crippen molar-refractivity contribution in [3.05, 3.63) is 35.4 Å². The normalized spacial score (nSPS) is 10.3. The number of rotatable bonds is 6. The van der Waals surface area contributed by atoms with Gasteiger partial charge < -0.3 is 0 Å². The quantitative estimate of drug-likeness (QED) is 0.692. The van der Waals surface area contributed by atoms with Crippen LogP contribution in [0.2, 0.25) is 0 Å². The van der Waals surface area contributed by atoms with Crippen molar-refractivity contribution in [1.82, 2.24) is 0 Å². The van der Waals surface area contributed by atoms with Crippen LogP contribution >= 0.6 is 0 Å². The summed E-state index contributed by atoms with van der Waals surface area (Å²) in [7, 11) is 0. The van der Waals surface area contributed by atoms with Crippen molar-refractivity contribution in [2.24, 2.45) is 0 Å². The van der Waals surface area contributed by atoms with E-state index in [-0.39, 0.29) is 0 Å². The monoisotopic (exact) mass is 204 g/mol. The largest absolute Gasteiger partial charge is 0.299 e. The Hall–Kier alpha value is -1.11. The number of carbonyl (C=O) groups is 1. The third kappa shape index (κ3) is 4.28. The topological polar surface area (TPSA) is 17.1 Å². The molecule has 0 heterocycles. The van der Waals surface area contributed by atoms with E-state index in [1.807, 2.05) is 6.92 Å². The first-order valence-electron chi connectivity index (χ1n) is 5.85. The van der Waals surface area contributed by atoms with Crippen LogP contribution in [0.15, 0.2) is 24.3 Å². The van der Waals surface area contributed by atoms with E-state index in [1.165, 1.54) is 18.4 Å². The Kier molecular flexibility index (Phi) is 5.09. The molecule has 0 unspecified atom stereocenters. The Morgan fingerprint density at radius 1 is 1.07 bits per heavy atom. The molecule has 0 spiro atoms. The minimum absolute atomic E-state index is 0.316. The number of Topliss-reactive ketones (excluding diaryl/α,β-unsaturated/α-hetero) is 1. The Labute approximate surface area is 92.5 Å². The summed E-state index contributed by atoms with van der Waals surface area (Å²) in [4.78, 5) is 11.2. The Bertz CT molecular complexity index is 298. The SMILES string of the molecule is CCCCc1ccc(CC(=O)CC)cc1. The van der Waals surface area contributed by atoms with Crippen molar-refractivity contribution in [3.63, 3.8) is 0 Å². The van der Waals surface area contributed by atoms with Crippen LogP contribution in [-0.2, 0) is 17.6 Å². The molecule has 0 N–H and O–H groups in total. The van der Waals surface area contributed by atoms with Gasteiger partial charge in [-0.15, -0.1) is 0 Å². The Morgan fingerprint density at radius 3 is 2.20 bits per heavy atom. The second-order valence-electron chi connectivity index (χ2n) is 3.99. The van der Waals surface area contributed by atoms with E-state index in [4.69, 9.17) is 0 Å². The molecule has 1 heteroatoms. The van der Waals surface area contributed by atoms with E-state index in [1.54, 1.807) is 0 Å². The number of benzene rings is 1. The predicted molar refractivity (Wildman–Crippen MR) is 64.1 cm³/mol. The first-order valence-corrected chi connectivity index (χ1v) is 5.85. The third-order valence-electron chi connectivity index (χ3n) is 2.64. The summed E-state index contributed by atoms with van der Waals surface area (Å²) in [5.41, 5.74) is 2.52. The third-order valence-corrected chi connectivity index (χ3v) is 2.64. The first-order chi connectivity index (χ1) is 7.26. The summed E-state index contributed by atoms with van der Waals surface area (Å²) >= 11 is 0. The van der Waals surface area contributed by atoms with Gasteiger partial charge in [0.1, 0.15) is 5.78 Å². The van der Waals surface area contributed by atoms with Crippen LogP contribution in [0.25, 0.3) is 0 Å². The summed E-state index contributed by atoms with van der Waals surface area (Å²) in [6, 6.07) is 8.46. The first kappa shape index (κ1) is 12.0. The van der Waals surface area contributed by atoms with Gasteiger partial charge in [-0.1, -0.05) is 44.5 Å². The summed E-state index contributed by atoms with van der Waals surface area (Å²) < 4.78 is 0. The van der Waals surface area contributed by atoms with E-state index in [0.717, 1.165) is 12.0 Å². The van der Waals surface area contributed by atoms with E-state index >= 15 is 0 Å². The van der Waals surface area contributed by atoms with Crippen molar-refractivity contribution in [1.29, 1.82) is 0 Å². The van der Waals surface area contributed by atoms with E-state index in [2.05, 4.69) is 31.2 Å². The molecule has 0 aromatic heterocycles. The van der Waals surface area contributed by atoms with Crippen LogP contribution in [0.5, 0.6) is 0 Å². The zero-order valence-corrected chi connectivity index (χ0v) is 9.75. The van der Waals surface area contributed by atoms with Crippen LogP contribution in [-0.4, -0.2) is 5.78 Å². The molecule has 1 aromatic carbocycles. The highest BCUT2D eigenvalue weighted by Gasteiger charge is 2.00. The molecule has 0 aliphatic rings. The second-order valence-corrected chi connectivity index (χ2v) is 3.99. The fourth-order valence-corrected chi connectivity index (χ4v) is 1.56. The van der Waals surface area contributed by atoms with Gasteiger partial charge in [-0.05, 0) is 24.0 Å². The number of hydrogen-bond donors (Lipinski definition) is 0. The summed E-state index contributed by atoms with van der Waals surface area (Å²) in [5, 5.41) is 0. The lowest BCUT2D eigenvalue weighted by atomic mass is 10.0. The number of unbranched alkanes of at least 4 members (excludes halogenated alkanes) is 1. The Morgan fingerprint density at radius 2 is 1.67 bits per heavy atom. The molecule has 0 fully saturated rings. The van der Waals surface area contributed by atoms with Crippen molar-refractivity contribution in [2.45, 2.75) is 46.0 Å². The number of aryl methyl sites for hydroxylation is 1. The molecule has 0 aliphatic carbocycles. The Balaban J connectivity index is 2.52. The molecule has 1 nitrogen and oxygen atoms in total. The highest BCUT2D eigenvalue weighted by molar-refractivity contribution is 5.80. The maximum atomic E-state index is 11.2. The van der Waals surface area contributed by atoms with Crippen LogP contribution < -0.4 is 0 Å². The summed E-state index contributed by atoms with van der Waals surface area (Å²) in [6.07, 6.45) is 4.85. The maximum absolute atomic E-state index is 11.2. The highest BCUT2D eigenvalue weighted by Crippen LogP contribution is 2.09. The minimum atomic E-state index is 0.316. The second kappa shape index (κ2) is 6.39. The van der Waals surface area contributed by atoms with Crippen LogP contribution in [0.1, 0.15) is 44.2 Å². The van der Waals surface area contributed by atoms with Gasteiger partial charge in [0.15, 0.2) is 0 Å². The standard InChI is InChI=1S/C14H20O/c1-3-5-6-12-7-9-13(10-8-12)11-14(15)4-2/h7-10H,3-6,11H2,1-2H3.